The molecule has 170 valence electrons. The molecular weight excluding hydrogens is 425 g/mol. The van der Waals surface area contributed by atoms with Crippen molar-refractivity contribution in [1.82, 2.24) is 29.5 Å². The Hall–Kier alpha value is -3.63. The van der Waals surface area contributed by atoms with Crippen LogP contribution in [0.3, 0.4) is 0 Å². The lowest BCUT2D eigenvalue weighted by Crippen LogP contribution is -2.17. The average Bonchev–Trinajstić information content (AvgIpc) is 3.47. The molecule has 8 nitrogen and oxygen atoms in total. The molecule has 0 saturated carbocycles. The first-order chi connectivity index (χ1) is 15.4. The van der Waals surface area contributed by atoms with E-state index in [-0.39, 0.29) is 11.5 Å². The van der Waals surface area contributed by atoms with Gasteiger partial charge in [-0.3, -0.25) is 0 Å². The van der Waals surface area contributed by atoms with Crippen molar-refractivity contribution < 1.29 is 22.6 Å². The number of hydrogen-bond acceptors (Lipinski definition) is 6. The van der Waals surface area contributed by atoms with E-state index in [1.807, 2.05) is 4.57 Å². The molecule has 1 N–H and O–H groups in total. The molecule has 0 unspecified atom stereocenters. The quantitative estimate of drug-likeness (QED) is 0.438. The third-order valence-electron chi connectivity index (χ3n) is 4.72. The van der Waals surface area contributed by atoms with Crippen molar-refractivity contribution in [2.75, 3.05) is 7.11 Å². The highest BCUT2D eigenvalue weighted by Gasteiger charge is 2.31. The summed E-state index contributed by atoms with van der Waals surface area (Å²) in [6, 6.07) is 4.08. The molecule has 0 fully saturated rings. The minimum atomic E-state index is -4.77. The Bertz CT molecular complexity index is 1110. The molecule has 11 heteroatoms. The molecule has 1 aromatic carbocycles. The number of nitrogens with one attached hydrogen (secondary N) is 1. The summed E-state index contributed by atoms with van der Waals surface area (Å²) in [5, 5.41) is 0. The Morgan fingerprint density at radius 2 is 1.94 bits per heavy atom. The summed E-state index contributed by atoms with van der Waals surface area (Å²) < 4.78 is 48.4. The van der Waals surface area contributed by atoms with Gasteiger partial charge in [-0.2, -0.15) is 0 Å². The second-order valence-corrected chi connectivity index (χ2v) is 6.70. The number of methoxy groups -OCH3 is 1. The maximum absolute atomic E-state index is 12.4. The minimum absolute atomic E-state index is 0.176. The number of aromatic amines is 1. The maximum Gasteiger partial charge on any atom is 0.573 e. The van der Waals surface area contributed by atoms with Gasteiger partial charge < -0.3 is 19.0 Å². The zero-order valence-corrected chi connectivity index (χ0v) is 17.8. The van der Waals surface area contributed by atoms with Crippen molar-refractivity contribution in [2.45, 2.75) is 39.1 Å². The fraction of sp³-hybridized carbons (Fsp3) is 0.333. The Balaban J connectivity index is 0.000000509. The van der Waals surface area contributed by atoms with E-state index in [9.17, 15) is 13.2 Å². The normalized spacial score (nSPS) is 11.3. The molecule has 0 saturated heterocycles. The Morgan fingerprint density at radius 1 is 1.16 bits per heavy atom. The number of fused-ring (bicyclic) bond motifs is 1. The Labute approximate surface area is 182 Å². The van der Waals surface area contributed by atoms with Crippen LogP contribution in [-0.2, 0) is 0 Å². The maximum atomic E-state index is 12.4. The molecule has 0 bridgehead atoms. The van der Waals surface area contributed by atoms with Gasteiger partial charge in [0, 0.05) is 24.5 Å². The third-order valence-corrected chi connectivity index (χ3v) is 4.72. The zero-order valence-electron chi connectivity index (χ0n) is 17.8. The number of rotatable bonds is 6. The monoisotopic (exact) mass is 448 g/mol. The van der Waals surface area contributed by atoms with Crippen molar-refractivity contribution in [3.05, 3.63) is 49.4 Å². The highest BCUT2D eigenvalue weighted by Crippen LogP contribution is 2.34. The molecule has 4 aromatic rings. The molecule has 3 heterocycles. The van der Waals surface area contributed by atoms with E-state index in [2.05, 4.69) is 43.5 Å². The molecule has 0 spiro atoms. The van der Waals surface area contributed by atoms with Crippen LogP contribution in [0.5, 0.6) is 11.5 Å². The molecule has 0 atom stereocenters. The van der Waals surface area contributed by atoms with E-state index in [0.717, 1.165) is 24.4 Å². The number of aromatic nitrogens is 6. The van der Waals surface area contributed by atoms with Gasteiger partial charge in [-0.25, -0.2) is 19.9 Å². The van der Waals surface area contributed by atoms with Crippen LogP contribution >= 0.6 is 0 Å². The van der Waals surface area contributed by atoms with E-state index in [1.54, 1.807) is 31.2 Å². The minimum Gasteiger partial charge on any atom is -0.496 e. The zero-order chi connectivity index (χ0) is 23.1. The lowest BCUT2D eigenvalue weighted by Gasteiger charge is -2.15. The van der Waals surface area contributed by atoms with Gasteiger partial charge >= 0.3 is 6.36 Å². The number of imidazole rings is 2. The third kappa shape index (κ3) is 5.54. The number of alkyl halides is 3. The van der Waals surface area contributed by atoms with Crippen LogP contribution in [-0.4, -0.2) is 43.0 Å². The van der Waals surface area contributed by atoms with Gasteiger partial charge in [0.25, 0.3) is 0 Å². The summed E-state index contributed by atoms with van der Waals surface area (Å²) in [5.74, 6) is 0.116. The number of ether oxygens (including phenoxy) is 2. The predicted molar refractivity (Wildman–Crippen MR) is 112 cm³/mol. The molecule has 0 aliphatic rings. The summed E-state index contributed by atoms with van der Waals surface area (Å²) in [7, 11) is 1.36. The van der Waals surface area contributed by atoms with Gasteiger partial charge in [0.05, 0.1) is 31.5 Å². The molecule has 0 radical (unpaired) electrons. The van der Waals surface area contributed by atoms with Crippen molar-refractivity contribution in [3.8, 4) is 22.9 Å². The topological polar surface area (TPSA) is 90.7 Å². The number of halogens is 3. The molecule has 0 amide bonds. The van der Waals surface area contributed by atoms with Crippen molar-refractivity contribution in [3.63, 3.8) is 0 Å². The number of H-pyrrole nitrogens is 1. The lowest BCUT2D eigenvalue weighted by molar-refractivity contribution is -0.274. The van der Waals surface area contributed by atoms with Crippen molar-refractivity contribution in [2.24, 2.45) is 0 Å². The van der Waals surface area contributed by atoms with E-state index in [4.69, 9.17) is 4.74 Å². The molecular formula is C21H23F3N6O2. The molecule has 0 aliphatic carbocycles. The van der Waals surface area contributed by atoms with Crippen LogP contribution < -0.4 is 9.47 Å². The van der Waals surface area contributed by atoms with Crippen molar-refractivity contribution >= 4 is 11.2 Å². The van der Waals surface area contributed by atoms with Gasteiger partial charge in [0.1, 0.15) is 17.0 Å². The van der Waals surface area contributed by atoms with Gasteiger partial charge in [0.2, 0.25) is 0 Å². The largest absolute Gasteiger partial charge is 0.573 e. The van der Waals surface area contributed by atoms with E-state index >= 15 is 0 Å². The van der Waals surface area contributed by atoms with Gasteiger partial charge in [-0.05, 0) is 25.0 Å². The summed E-state index contributed by atoms with van der Waals surface area (Å²) in [6.45, 7) is 4.20. The molecule has 0 aliphatic heterocycles. The lowest BCUT2D eigenvalue weighted by atomic mass is 10.1. The van der Waals surface area contributed by atoms with E-state index < -0.39 is 6.36 Å². The van der Waals surface area contributed by atoms with E-state index in [1.165, 1.54) is 19.2 Å². The highest BCUT2D eigenvalue weighted by atomic mass is 19.4. The van der Waals surface area contributed by atoms with Crippen LogP contribution in [0.25, 0.3) is 22.6 Å². The number of benzene rings is 1. The second kappa shape index (κ2) is 10.1. The van der Waals surface area contributed by atoms with Crippen LogP contribution in [0.15, 0.2) is 49.4 Å². The standard InChI is InChI=1S/C18H19F3N4O2.C3H4N2/c1-4-11(5-2)25-10-23-17-14(25)9-22-16(24-17)13-7-6-12(8-15(13)26-3)27-18(19,20)21;1-2-5-3-4-1/h6-11H,4-5H2,1-3H3;1-3H,(H,4,5). The van der Waals surface area contributed by atoms with E-state index in [0.29, 0.717) is 23.1 Å². The van der Waals surface area contributed by atoms with Gasteiger partial charge in [0.15, 0.2) is 11.5 Å². The number of nitrogens with zero attached hydrogens (tertiary/aromatic N) is 5. The Morgan fingerprint density at radius 3 is 2.50 bits per heavy atom. The van der Waals surface area contributed by atoms with Crippen LogP contribution in [0.2, 0.25) is 0 Å². The highest BCUT2D eigenvalue weighted by molar-refractivity contribution is 5.75. The summed E-state index contributed by atoms with van der Waals surface area (Å²) in [4.78, 5) is 19.6. The SMILES string of the molecule is CCC(CC)n1cnc2nc(-c3ccc(OC(F)(F)F)cc3OC)ncc21.c1c[nH]cn1. The average molecular weight is 448 g/mol. The summed E-state index contributed by atoms with van der Waals surface area (Å²) in [5.41, 5.74) is 1.78. The smallest absolute Gasteiger partial charge is 0.496 e. The summed E-state index contributed by atoms with van der Waals surface area (Å²) in [6.07, 6.45) is 5.63. The molecule has 32 heavy (non-hydrogen) atoms. The first-order valence-corrected chi connectivity index (χ1v) is 9.92. The van der Waals surface area contributed by atoms with Crippen molar-refractivity contribution in [1.29, 1.82) is 0 Å². The fourth-order valence-electron chi connectivity index (χ4n) is 3.19. The van der Waals surface area contributed by atoms with Gasteiger partial charge in [-0.15, -0.1) is 13.2 Å². The van der Waals surface area contributed by atoms with Crippen LogP contribution in [0, 0.1) is 0 Å². The molecule has 4 rings (SSSR count). The number of hydrogen-bond donors (Lipinski definition) is 1. The fourth-order valence-corrected chi connectivity index (χ4v) is 3.19. The van der Waals surface area contributed by atoms with Gasteiger partial charge in [-0.1, -0.05) is 13.8 Å². The molecule has 3 aromatic heterocycles. The summed E-state index contributed by atoms with van der Waals surface area (Å²) >= 11 is 0. The van der Waals surface area contributed by atoms with Crippen LogP contribution in [0.1, 0.15) is 32.7 Å². The first kappa shape index (κ1) is 23.0. The Kier molecular flexibility index (Phi) is 7.29. The second-order valence-electron chi connectivity index (χ2n) is 6.70. The first-order valence-electron chi connectivity index (χ1n) is 9.92. The predicted octanol–water partition coefficient (Wildman–Crippen LogP) is 5.17. The van der Waals surface area contributed by atoms with Crippen LogP contribution in [0.4, 0.5) is 13.2 Å².